The monoisotopic (exact) mass is 512 g/mol. The number of benzene rings is 3. The molecule has 4 rings (SSSR count). The first kappa shape index (κ1) is 20.9. The summed E-state index contributed by atoms with van der Waals surface area (Å²) < 4.78 is 6.83. The Morgan fingerprint density at radius 3 is 2.10 bits per heavy atom. The molecule has 3 N–H and O–H groups in total. The average Bonchev–Trinajstić information content (AvgIpc) is 3.08. The molecule has 0 unspecified atom stereocenters. The van der Waals surface area contributed by atoms with E-state index in [0.29, 0.717) is 13.2 Å². The molecule has 154 valence electrons. The van der Waals surface area contributed by atoms with E-state index in [0.717, 1.165) is 25.9 Å². The van der Waals surface area contributed by atoms with Crippen molar-refractivity contribution in [1.82, 2.24) is 0 Å². The molecule has 3 aromatic carbocycles. The topological polar surface area (TPSA) is 64.3 Å². The van der Waals surface area contributed by atoms with Crippen LogP contribution >= 0.6 is 22.6 Å². The van der Waals surface area contributed by atoms with Gasteiger partial charge in [-0.2, -0.15) is 0 Å². The summed E-state index contributed by atoms with van der Waals surface area (Å²) in [6.45, 7) is 6.82. The van der Waals surface area contributed by atoms with E-state index in [1.165, 1.54) is 27.8 Å². The number of ether oxygens (including phenoxy) is 1. The number of fused-ring (bicyclic) bond motifs is 3. The summed E-state index contributed by atoms with van der Waals surface area (Å²) in [5.41, 5.74) is 15.9. The average molecular weight is 512 g/mol. The van der Waals surface area contributed by atoms with E-state index >= 15 is 0 Å². The first-order chi connectivity index (χ1) is 14.4. The molecule has 0 bridgehead atoms. The zero-order valence-corrected chi connectivity index (χ0v) is 19.5. The van der Waals surface area contributed by atoms with Gasteiger partial charge >= 0.3 is 6.09 Å². The van der Waals surface area contributed by atoms with Crippen LogP contribution in [0.25, 0.3) is 11.1 Å². The molecule has 1 amide bonds. The number of hydrogen-bond acceptors (Lipinski definition) is 3. The number of carbonyl (C=O) groups is 1. The maximum absolute atomic E-state index is 12.7. The maximum Gasteiger partial charge on any atom is 0.411 e. The molecular weight excluding hydrogens is 487 g/mol. The fraction of sp³-hybridized carbons (Fsp3) is 0.240. The first-order valence-corrected chi connectivity index (χ1v) is 11.1. The molecule has 3 aromatic rings. The minimum Gasteiger partial charge on any atom is -0.448 e. The van der Waals surface area contributed by atoms with Gasteiger partial charge in [0, 0.05) is 16.0 Å². The molecule has 0 heterocycles. The zero-order valence-electron chi connectivity index (χ0n) is 17.4. The zero-order chi connectivity index (χ0) is 21.4. The summed E-state index contributed by atoms with van der Waals surface area (Å²) in [6.07, 6.45) is -0.439. The predicted octanol–water partition coefficient (Wildman–Crippen LogP) is 6.04. The van der Waals surface area contributed by atoms with Gasteiger partial charge in [-0.25, -0.2) is 4.79 Å². The summed E-state index contributed by atoms with van der Waals surface area (Å²) in [5, 5.41) is 2.97. The number of hydrogen-bond donors (Lipinski definition) is 2. The van der Waals surface area contributed by atoms with Gasteiger partial charge < -0.3 is 10.5 Å². The summed E-state index contributed by atoms with van der Waals surface area (Å²) in [4.78, 5) is 12.7. The van der Waals surface area contributed by atoms with Crippen molar-refractivity contribution in [1.29, 1.82) is 0 Å². The lowest BCUT2D eigenvalue weighted by Gasteiger charge is -2.20. The van der Waals surface area contributed by atoms with Crippen LogP contribution in [0.3, 0.4) is 0 Å². The van der Waals surface area contributed by atoms with Crippen molar-refractivity contribution >= 4 is 34.4 Å². The Morgan fingerprint density at radius 2 is 1.53 bits per heavy atom. The van der Waals surface area contributed by atoms with Gasteiger partial charge in [-0.15, -0.1) is 0 Å². The van der Waals surface area contributed by atoms with E-state index in [4.69, 9.17) is 10.5 Å². The fourth-order valence-corrected chi connectivity index (χ4v) is 5.06. The number of amides is 1. The smallest absolute Gasteiger partial charge is 0.411 e. The van der Waals surface area contributed by atoms with E-state index in [1.807, 2.05) is 38.1 Å². The largest absolute Gasteiger partial charge is 0.448 e. The molecule has 0 radical (unpaired) electrons. The van der Waals surface area contributed by atoms with Crippen LogP contribution in [-0.2, 0) is 11.3 Å². The minimum atomic E-state index is -0.439. The Bertz CT molecular complexity index is 1090. The van der Waals surface area contributed by atoms with E-state index in [-0.39, 0.29) is 5.92 Å². The van der Waals surface area contributed by atoms with Crippen molar-refractivity contribution in [3.8, 4) is 11.1 Å². The molecule has 1 aliphatic rings. The number of nitrogens with two attached hydrogens (primary N) is 1. The molecule has 4 nitrogen and oxygen atoms in total. The van der Waals surface area contributed by atoms with Gasteiger partial charge in [0.2, 0.25) is 0 Å². The van der Waals surface area contributed by atoms with Crippen LogP contribution in [0.4, 0.5) is 10.5 Å². The molecule has 0 aromatic heterocycles. The number of halogens is 1. The normalized spacial score (nSPS) is 12.4. The number of nitrogens with one attached hydrogen (secondary N) is 1. The van der Waals surface area contributed by atoms with Gasteiger partial charge in [-0.1, -0.05) is 48.5 Å². The molecule has 0 fully saturated rings. The highest BCUT2D eigenvalue weighted by Crippen LogP contribution is 2.44. The lowest BCUT2D eigenvalue weighted by molar-refractivity contribution is 0.158. The van der Waals surface area contributed by atoms with Gasteiger partial charge in [0.1, 0.15) is 6.61 Å². The molecule has 0 aliphatic heterocycles. The maximum atomic E-state index is 12.7. The highest BCUT2D eigenvalue weighted by molar-refractivity contribution is 14.1. The minimum absolute atomic E-state index is 0.0445. The van der Waals surface area contributed by atoms with Gasteiger partial charge in [0.15, 0.2) is 0 Å². The second kappa shape index (κ2) is 8.40. The number of carbonyl (C=O) groups excluding carboxylic acids is 1. The van der Waals surface area contributed by atoms with Gasteiger partial charge in [-0.3, -0.25) is 5.32 Å². The summed E-state index contributed by atoms with van der Waals surface area (Å²) >= 11 is 2.31. The van der Waals surface area contributed by atoms with Crippen molar-refractivity contribution in [3.05, 3.63) is 85.5 Å². The second-order valence-electron chi connectivity index (χ2n) is 7.70. The van der Waals surface area contributed by atoms with Crippen molar-refractivity contribution in [3.63, 3.8) is 0 Å². The van der Waals surface area contributed by atoms with E-state index in [2.05, 4.69) is 59.1 Å². The van der Waals surface area contributed by atoms with Gasteiger partial charge in [-0.05, 0) is 87.9 Å². The highest BCUT2D eigenvalue weighted by atomic mass is 127. The SMILES string of the molecule is Cc1c(I)c(C)c(NC(=O)OCC2c3ccccc3-c3ccccc32)c(C)c1CN. The third kappa shape index (κ3) is 3.50. The number of anilines is 1. The Balaban J connectivity index is 1.55. The van der Waals surface area contributed by atoms with Gasteiger partial charge in [0.25, 0.3) is 0 Å². The molecule has 0 spiro atoms. The van der Waals surface area contributed by atoms with E-state index in [1.54, 1.807) is 0 Å². The summed E-state index contributed by atoms with van der Waals surface area (Å²) in [6, 6.07) is 16.7. The quantitative estimate of drug-likeness (QED) is 0.420. The third-order valence-electron chi connectivity index (χ3n) is 6.09. The van der Waals surface area contributed by atoms with Crippen LogP contribution < -0.4 is 11.1 Å². The van der Waals surface area contributed by atoms with E-state index < -0.39 is 6.09 Å². The Labute approximate surface area is 191 Å². The summed E-state index contributed by atoms with van der Waals surface area (Å²) in [5.74, 6) is 0.0445. The fourth-order valence-electron chi connectivity index (χ4n) is 4.47. The molecule has 5 heteroatoms. The van der Waals surface area contributed by atoms with Crippen LogP contribution in [0.2, 0.25) is 0 Å². The van der Waals surface area contributed by atoms with Crippen LogP contribution in [0.15, 0.2) is 48.5 Å². The van der Waals surface area contributed by atoms with Crippen LogP contribution in [0.1, 0.15) is 39.3 Å². The Hall–Kier alpha value is -2.38. The van der Waals surface area contributed by atoms with Crippen molar-refractivity contribution in [2.75, 3.05) is 11.9 Å². The van der Waals surface area contributed by atoms with Crippen molar-refractivity contribution in [2.45, 2.75) is 33.2 Å². The first-order valence-electron chi connectivity index (χ1n) is 10.0. The standard InChI is InChI=1S/C25H25IN2O2/c1-14-21(12-27)15(2)24(16(3)23(14)26)28-25(29)30-13-22-19-10-6-4-8-17(19)18-9-5-7-11-20(18)22/h4-11,22H,12-13,27H2,1-3H3,(H,28,29). The lowest BCUT2D eigenvalue weighted by Crippen LogP contribution is -2.20. The predicted molar refractivity (Wildman–Crippen MR) is 130 cm³/mol. The molecule has 0 saturated heterocycles. The van der Waals surface area contributed by atoms with E-state index in [9.17, 15) is 4.79 Å². The molecule has 0 atom stereocenters. The van der Waals surface area contributed by atoms with Crippen LogP contribution in [-0.4, -0.2) is 12.7 Å². The number of rotatable bonds is 4. The molecule has 1 aliphatic carbocycles. The van der Waals surface area contributed by atoms with Gasteiger partial charge in [0.05, 0.1) is 5.69 Å². The third-order valence-corrected chi connectivity index (χ3v) is 7.71. The van der Waals surface area contributed by atoms with Crippen LogP contribution in [0.5, 0.6) is 0 Å². The van der Waals surface area contributed by atoms with Crippen LogP contribution in [0, 0.1) is 24.3 Å². The second-order valence-corrected chi connectivity index (χ2v) is 8.78. The van der Waals surface area contributed by atoms with Crippen molar-refractivity contribution in [2.24, 2.45) is 5.73 Å². The summed E-state index contributed by atoms with van der Waals surface area (Å²) in [7, 11) is 0. The molecule has 30 heavy (non-hydrogen) atoms. The lowest BCUT2D eigenvalue weighted by atomic mass is 9.97. The Morgan fingerprint density at radius 1 is 0.967 bits per heavy atom. The molecule has 0 saturated carbocycles. The molecular formula is C25H25IN2O2. The van der Waals surface area contributed by atoms with Crippen molar-refractivity contribution < 1.29 is 9.53 Å². The highest BCUT2D eigenvalue weighted by Gasteiger charge is 2.29. The Kier molecular flexibility index (Phi) is 5.84.